The fraction of sp³-hybridized carbons (Fsp3) is 0.500. The van der Waals surface area contributed by atoms with E-state index in [1.165, 1.54) is 11.1 Å². The zero-order valence-corrected chi connectivity index (χ0v) is 11.9. The lowest BCUT2D eigenvalue weighted by Gasteiger charge is -2.20. The van der Waals surface area contributed by atoms with Gasteiger partial charge in [0.1, 0.15) is 0 Å². The first kappa shape index (κ1) is 13.7. The summed E-state index contributed by atoms with van der Waals surface area (Å²) in [5.74, 6) is 0.843. The number of hydrogen-bond acceptors (Lipinski definition) is 4. The molecule has 0 bridgehead atoms. The highest BCUT2D eigenvalue weighted by atomic mass is 15.5. The molecule has 1 aromatic heterocycles. The molecule has 2 N–H and O–H groups in total. The van der Waals surface area contributed by atoms with Crippen LogP contribution in [0, 0.1) is 0 Å². The van der Waals surface area contributed by atoms with Gasteiger partial charge in [0.15, 0.2) is 5.82 Å². The lowest BCUT2D eigenvalue weighted by Crippen LogP contribution is -2.20. The number of nitrogens with zero attached hydrogens (tertiary/aromatic N) is 3. The van der Waals surface area contributed by atoms with Crippen LogP contribution in [0.1, 0.15) is 43.6 Å². The van der Waals surface area contributed by atoms with Gasteiger partial charge in [-0.25, -0.2) is 0 Å². The van der Waals surface area contributed by atoms with Crippen LogP contribution in [0.5, 0.6) is 0 Å². The largest absolute Gasteiger partial charge is 0.319 e. The van der Waals surface area contributed by atoms with Crippen molar-refractivity contribution < 1.29 is 0 Å². The van der Waals surface area contributed by atoms with E-state index in [1.807, 2.05) is 7.05 Å². The molecule has 1 unspecified atom stereocenters. The number of nitrogens with one attached hydrogen (secondary N) is 2. The van der Waals surface area contributed by atoms with Crippen LogP contribution in [0.3, 0.4) is 0 Å². The molecule has 0 aliphatic carbocycles. The van der Waals surface area contributed by atoms with Crippen LogP contribution in [-0.2, 0) is 5.41 Å². The van der Waals surface area contributed by atoms with Crippen molar-refractivity contribution in [1.29, 1.82) is 0 Å². The molecule has 1 aromatic carbocycles. The van der Waals surface area contributed by atoms with Crippen molar-refractivity contribution in [3.8, 4) is 0 Å². The van der Waals surface area contributed by atoms with Gasteiger partial charge < -0.3 is 5.32 Å². The van der Waals surface area contributed by atoms with E-state index in [0.717, 1.165) is 12.4 Å². The summed E-state index contributed by atoms with van der Waals surface area (Å²) in [6, 6.07) is 8.66. The highest BCUT2D eigenvalue weighted by Gasteiger charge is 2.19. The van der Waals surface area contributed by atoms with Crippen LogP contribution in [0.25, 0.3) is 0 Å². The Morgan fingerprint density at radius 3 is 2.37 bits per heavy atom. The number of hydrogen-bond donors (Lipinski definition) is 2. The van der Waals surface area contributed by atoms with Gasteiger partial charge in [-0.1, -0.05) is 50.3 Å². The molecule has 5 nitrogen and oxygen atoms in total. The summed E-state index contributed by atoms with van der Waals surface area (Å²) >= 11 is 0. The van der Waals surface area contributed by atoms with E-state index in [1.54, 1.807) is 0 Å². The fourth-order valence-corrected chi connectivity index (χ4v) is 2.09. The maximum Gasteiger partial charge on any atom is 0.183 e. The predicted octanol–water partition coefficient (Wildman–Crippen LogP) is 1.85. The smallest absolute Gasteiger partial charge is 0.183 e. The minimum absolute atomic E-state index is 0.123. The molecule has 0 saturated heterocycles. The molecule has 102 valence electrons. The monoisotopic (exact) mass is 259 g/mol. The number of aromatic amines is 1. The number of tetrazole rings is 1. The summed E-state index contributed by atoms with van der Waals surface area (Å²) in [7, 11) is 1.93. The highest BCUT2D eigenvalue weighted by Crippen LogP contribution is 2.26. The zero-order valence-electron chi connectivity index (χ0n) is 11.9. The third-order valence-electron chi connectivity index (χ3n) is 3.26. The first-order valence-corrected chi connectivity index (χ1v) is 6.50. The Balaban J connectivity index is 2.28. The van der Waals surface area contributed by atoms with E-state index in [9.17, 15) is 0 Å². The normalized spacial score (nSPS) is 13.5. The predicted molar refractivity (Wildman–Crippen MR) is 75.1 cm³/mol. The fourth-order valence-electron chi connectivity index (χ4n) is 2.09. The van der Waals surface area contributed by atoms with Crippen LogP contribution in [0.4, 0.5) is 0 Å². The summed E-state index contributed by atoms with van der Waals surface area (Å²) in [5, 5.41) is 17.5. The maximum absolute atomic E-state index is 4.10. The topological polar surface area (TPSA) is 66.5 Å². The molecule has 19 heavy (non-hydrogen) atoms. The third-order valence-corrected chi connectivity index (χ3v) is 3.26. The Kier molecular flexibility index (Phi) is 3.95. The minimum atomic E-state index is 0.123. The second kappa shape index (κ2) is 5.48. The summed E-state index contributed by atoms with van der Waals surface area (Å²) in [4.78, 5) is 0. The first-order chi connectivity index (χ1) is 9.02. The van der Waals surface area contributed by atoms with Crippen molar-refractivity contribution in [3.63, 3.8) is 0 Å². The van der Waals surface area contributed by atoms with Crippen LogP contribution in [0.15, 0.2) is 24.3 Å². The van der Waals surface area contributed by atoms with E-state index >= 15 is 0 Å². The van der Waals surface area contributed by atoms with E-state index in [2.05, 4.69) is 71.0 Å². The molecule has 2 rings (SSSR count). The van der Waals surface area contributed by atoms with Gasteiger partial charge in [0.05, 0.1) is 5.92 Å². The highest BCUT2D eigenvalue weighted by molar-refractivity contribution is 5.32. The van der Waals surface area contributed by atoms with E-state index < -0.39 is 0 Å². The lowest BCUT2D eigenvalue weighted by molar-refractivity contribution is 0.589. The van der Waals surface area contributed by atoms with Crippen molar-refractivity contribution >= 4 is 0 Å². The van der Waals surface area contributed by atoms with Gasteiger partial charge in [-0.05, 0) is 23.6 Å². The Labute approximate surface area is 113 Å². The van der Waals surface area contributed by atoms with Gasteiger partial charge in [-0.3, -0.25) is 0 Å². The molecule has 0 spiro atoms. The minimum Gasteiger partial charge on any atom is -0.319 e. The number of rotatable bonds is 4. The molecule has 2 aromatic rings. The molecule has 1 heterocycles. The summed E-state index contributed by atoms with van der Waals surface area (Å²) in [5.41, 5.74) is 2.69. The van der Waals surface area contributed by atoms with Gasteiger partial charge in [-0.15, -0.1) is 10.2 Å². The molecular formula is C14H21N5. The van der Waals surface area contributed by atoms with Crippen molar-refractivity contribution in [2.45, 2.75) is 32.1 Å². The quantitative estimate of drug-likeness (QED) is 0.879. The molecule has 0 aliphatic heterocycles. The van der Waals surface area contributed by atoms with Crippen LogP contribution < -0.4 is 5.32 Å². The van der Waals surface area contributed by atoms with E-state index in [4.69, 9.17) is 0 Å². The second-order valence-electron chi connectivity index (χ2n) is 5.75. The molecule has 0 radical (unpaired) electrons. The van der Waals surface area contributed by atoms with Crippen molar-refractivity contribution in [3.05, 3.63) is 41.2 Å². The average molecular weight is 259 g/mol. The summed E-state index contributed by atoms with van der Waals surface area (Å²) < 4.78 is 0. The van der Waals surface area contributed by atoms with Gasteiger partial charge >= 0.3 is 0 Å². The number of benzene rings is 1. The Hall–Kier alpha value is -1.75. The number of likely N-dealkylation sites (N-methyl/N-ethyl adjacent to an activating group) is 1. The van der Waals surface area contributed by atoms with Crippen LogP contribution in [0.2, 0.25) is 0 Å². The SMILES string of the molecule is CNCC(c1ccc(C(C)(C)C)cc1)c1nn[nH]n1. The number of H-pyrrole nitrogens is 1. The standard InChI is InChI=1S/C14H21N5/c1-14(2,3)11-7-5-10(6-8-11)12(9-15-4)13-16-18-19-17-13/h5-8,12,15H,9H2,1-4H3,(H,16,17,18,19). The van der Waals surface area contributed by atoms with Gasteiger partial charge in [0.25, 0.3) is 0 Å². The van der Waals surface area contributed by atoms with Crippen molar-refractivity contribution in [2.75, 3.05) is 13.6 Å². The van der Waals surface area contributed by atoms with Gasteiger partial charge in [0.2, 0.25) is 0 Å². The van der Waals surface area contributed by atoms with Crippen molar-refractivity contribution in [1.82, 2.24) is 25.9 Å². The van der Waals surface area contributed by atoms with E-state index in [-0.39, 0.29) is 11.3 Å². The molecule has 1 atom stereocenters. The lowest BCUT2D eigenvalue weighted by atomic mass is 9.85. The first-order valence-electron chi connectivity index (χ1n) is 6.50. The molecule has 0 amide bonds. The van der Waals surface area contributed by atoms with E-state index in [0.29, 0.717) is 0 Å². The Morgan fingerprint density at radius 1 is 1.21 bits per heavy atom. The molecule has 5 heteroatoms. The van der Waals surface area contributed by atoms with Gasteiger partial charge in [-0.2, -0.15) is 5.21 Å². The number of aromatic nitrogens is 4. The Morgan fingerprint density at radius 2 is 1.89 bits per heavy atom. The Bertz CT molecular complexity index is 496. The van der Waals surface area contributed by atoms with Crippen LogP contribution >= 0.6 is 0 Å². The molecule has 0 aliphatic rings. The zero-order chi connectivity index (χ0) is 13.9. The third kappa shape index (κ3) is 3.17. The maximum atomic E-state index is 4.10. The molecular weight excluding hydrogens is 238 g/mol. The summed E-state index contributed by atoms with van der Waals surface area (Å²) in [6.45, 7) is 7.43. The van der Waals surface area contributed by atoms with Crippen molar-refractivity contribution in [2.24, 2.45) is 0 Å². The average Bonchev–Trinajstić information content (AvgIpc) is 2.89. The van der Waals surface area contributed by atoms with Crippen LogP contribution in [-0.4, -0.2) is 34.2 Å². The van der Waals surface area contributed by atoms with Gasteiger partial charge in [0, 0.05) is 6.54 Å². The molecule has 0 saturated carbocycles. The second-order valence-corrected chi connectivity index (χ2v) is 5.75. The molecule has 0 fully saturated rings. The summed E-state index contributed by atoms with van der Waals surface area (Å²) in [6.07, 6.45) is 0.